The Labute approximate surface area is 112 Å². The van der Waals surface area contributed by atoms with E-state index in [9.17, 15) is 9.59 Å². The summed E-state index contributed by atoms with van der Waals surface area (Å²) >= 11 is 0. The van der Waals surface area contributed by atoms with Crippen LogP contribution >= 0.6 is 0 Å². The van der Waals surface area contributed by atoms with Crippen LogP contribution in [0.25, 0.3) is 0 Å². The smallest absolute Gasteiger partial charge is 0.323 e. The molecule has 0 heterocycles. The summed E-state index contributed by atoms with van der Waals surface area (Å²) in [6.45, 7) is 1.96. The van der Waals surface area contributed by atoms with Crippen LogP contribution in [0, 0.1) is 6.92 Å². The van der Waals surface area contributed by atoms with Gasteiger partial charge in [0.15, 0.2) is 0 Å². The van der Waals surface area contributed by atoms with Crippen LogP contribution in [0.2, 0.25) is 0 Å². The first kappa shape index (κ1) is 13.5. The lowest BCUT2D eigenvalue weighted by atomic mass is 9.77. The van der Waals surface area contributed by atoms with Gasteiger partial charge >= 0.3 is 5.97 Å². The molecule has 3 N–H and O–H groups in total. The fraction of sp³-hybridized carbons (Fsp3) is 0.429. The third kappa shape index (κ3) is 3.12. The van der Waals surface area contributed by atoms with E-state index >= 15 is 0 Å². The Morgan fingerprint density at radius 3 is 2.63 bits per heavy atom. The summed E-state index contributed by atoms with van der Waals surface area (Å²) in [5.74, 6) is -1.10. The molecule has 0 atom stereocenters. The van der Waals surface area contributed by atoms with Gasteiger partial charge < -0.3 is 10.4 Å². The molecule has 1 amide bonds. The van der Waals surface area contributed by atoms with Crippen LogP contribution in [0.3, 0.4) is 0 Å². The Morgan fingerprint density at radius 1 is 1.37 bits per heavy atom. The Kier molecular flexibility index (Phi) is 3.85. The Morgan fingerprint density at radius 2 is 2.11 bits per heavy atom. The lowest BCUT2D eigenvalue weighted by Gasteiger charge is -2.38. The van der Waals surface area contributed by atoms with E-state index in [2.05, 4.69) is 10.6 Å². The zero-order valence-corrected chi connectivity index (χ0v) is 10.9. The van der Waals surface area contributed by atoms with Crippen LogP contribution in [0.1, 0.15) is 24.8 Å². The molecule has 0 aliphatic heterocycles. The van der Waals surface area contributed by atoms with Crippen molar-refractivity contribution in [1.82, 2.24) is 5.32 Å². The molecule has 19 heavy (non-hydrogen) atoms. The van der Waals surface area contributed by atoms with E-state index in [1.807, 2.05) is 25.1 Å². The zero-order valence-electron chi connectivity index (χ0n) is 10.9. The van der Waals surface area contributed by atoms with Gasteiger partial charge in [-0.25, -0.2) is 0 Å². The fourth-order valence-corrected chi connectivity index (χ4v) is 2.17. The van der Waals surface area contributed by atoms with E-state index < -0.39 is 11.5 Å². The van der Waals surface area contributed by atoms with E-state index in [1.165, 1.54) is 0 Å². The summed E-state index contributed by atoms with van der Waals surface area (Å²) in [7, 11) is 0. The number of hydrogen-bond acceptors (Lipinski definition) is 3. The molecule has 0 spiro atoms. The molecule has 1 fully saturated rings. The van der Waals surface area contributed by atoms with Gasteiger partial charge in [0, 0.05) is 5.69 Å². The summed E-state index contributed by atoms with van der Waals surface area (Å²) in [6, 6.07) is 7.49. The number of nitrogens with one attached hydrogen (secondary N) is 2. The largest absolute Gasteiger partial charge is 0.480 e. The number of carboxylic acids is 1. The number of anilines is 1. The SMILES string of the molecule is Cc1cccc(NC(=O)CNC2(C(=O)O)CCC2)c1. The molecule has 0 saturated heterocycles. The van der Waals surface area contributed by atoms with Crippen molar-refractivity contribution in [3.63, 3.8) is 0 Å². The topological polar surface area (TPSA) is 78.4 Å². The monoisotopic (exact) mass is 262 g/mol. The van der Waals surface area contributed by atoms with Gasteiger partial charge in [-0.05, 0) is 43.9 Å². The maximum Gasteiger partial charge on any atom is 0.323 e. The number of aryl methyl sites for hydroxylation is 1. The molecule has 1 aromatic rings. The number of carbonyl (C=O) groups excluding carboxylic acids is 1. The van der Waals surface area contributed by atoms with Crippen molar-refractivity contribution in [1.29, 1.82) is 0 Å². The minimum absolute atomic E-state index is 0.0141. The number of aliphatic carboxylic acids is 1. The number of hydrogen-bond donors (Lipinski definition) is 3. The average molecular weight is 262 g/mol. The number of benzene rings is 1. The second-order valence-electron chi connectivity index (χ2n) is 5.01. The van der Waals surface area contributed by atoms with Crippen LogP contribution in [-0.2, 0) is 9.59 Å². The highest BCUT2D eigenvalue weighted by Gasteiger charge is 2.44. The predicted molar refractivity (Wildman–Crippen MR) is 72.0 cm³/mol. The van der Waals surface area contributed by atoms with Crippen molar-refractivity contribution in [2.45, 2.75) is 31.7 Å². The average Bonchev–Trinajstić information content (AvgIpc) is 2.26. The quantitative estimate of drug-likeness (QED) is 0.752. The molecule has 1 aliphatic rings. The van der Waals surface area contributed by atoms with Crippen LogP contribution in [-0.4, -0.2) is 29.1 Å². The van der Waals surface area contributed by atoms with Gasteiger partial charge in [-0.15, -0.1) is 0 Å². The van der Waals surface area contributed by atoms with Gasteiger partial charge in [-0.3, -0.25) is 14.9 Å². The minimum atomic E-state index is -0.899. The Bertz CT molecular complexity index is 495. The van der Waals surface area contributed by atoms with Gasteiger partial charge in [0.1, 0.15) is 5.54 Å². The molecule has 0 aromatic heterocycles. The summed E-state index contributed by atoms with van der Waals surface area (Å²) in [6.07, 6.45) is 2.05. The highest BCUT2D eigenvalue weighted by molar-refractivity contribution is 5.93. The molecule has 0 unspecified atom stereocenters. The maximum absolute atomic E-state index is 11.8. The van der Waals surface area contributed by atoms with E-state index in [4.69, 9.17) is 5.11 Å². The van der Waals surface area contributed by atoms with E-state index in [0.29, 0.717) is 12.8 Å². The first-order valence-corrected chi connectivity index (χ1v) is 6.37. The molecule has 2 rings (SSSR count). The van der Waals surface area contributed by atoms with E-state index in [-0.39, 0.29) is 12.5 Å². The van der Waals surface area contributed by atoms with E-state index in [0.717, 1.165) is 17.7 Å². The lowest BCUT2D eigenvalue weighted by Crippen LogP contribution is -2.58. The predicted octanol–water partition coefficient (Wildman–Crippen LogP) is 1.53. The molecule has 1 saturated carbocycles. The molecule has 1 aliphatic carbocycles. The van der Waals surface area contributed by atoms with Crippen LogP contribution in [0.4, 0.5) is 5.69 Å². The third-order valence-electron chi connectivity index (χ3n) is 3.51. The van der Waals surface area contributed by atoms with Crippen LogP contribution < -0.4 is 10.6 Å². The van der Waals surface area contributed by atoms with Crippen molar-refractivity contribution < 1.29 is 14.7 Å². The summed E-state index contributed by atoms with van der Waals surface area (Å²) in [4.78, 5) is 22.9. The fourth-order valence-electron chi connectivity index (χ4n) is 2.17. The third-order valence-corrected chi connectivity index (χ3v) is 3.51. The Balaban J connectivity index is 1.87. The molecule has 1 aromatic carbocycles. The molecule has 5 heteroatoms. The second-order valence-corrected chi connectivity index (χ2v) is 5.01. The number of carboxylic acid groups (broad SMARTS) is 1. The van der Waals surface area contributed by atoms with E-state index in [1.54, 1.807) is 6.07 Å². The van der Waals surface area contributed by atoms with Crippen molar-refractivity contribution in [3.05, 3.63) is 29.8 Å². The molecule has 0 radical (unpaired) electrons. The van der Waals surface area contributed by atoms with Crippen molar-refractivity contribution in [2.75, 3.05) is 11.9 Å². The first-order chi connectivity index (χ1) is 9.02. The maximum atomic E-state index is 11.8. The van der Waals surface area contributed by atoms with Crippen LogP contribution in [0.15, 0.2) is 24.3 Å². The molecular formula is C14H18N2O3. The normalized spacial score (nSPS) is 16.5. The highest BCUT2D eigenvalue weighted by atomic mass is 16.4. The summed E-state index contributed by atoms with van der Waals surface area (Å²) in [5, 5.41) is 14.7. The number of amides is 1. The van der Waals surface area contributed by atoms with Gasteiger partial charge in [0.05, 0.1) is 6.54 Å². The molecule has 102 valence electrons. The van der Waals surface area contributed by atoms with Crippen molar-refractivity contribution in [2.24, 2.45) is 0 Å². The number of rotatable bonds is 5. The Hall–Kier alpha value is -1.88. The van der Waals surface area contributed by atoms with Crippen LogP contribution in [0.5, 0.6) is 0 Å². The first-order valence-electron chi connectivity index (χ1n) is 6.37. The highest BCUT2D eigenvalue weighted by Crippen LogP contribution is 2.31. The summed E-state index contributed by atoms with van der Waals surface area (Å²) in [5.41, 5.74) is 0.890. The zero-order chi connectivity index (χ0) is 13.9. The minimum Gasteiger partial charge on any atom is -0.480 e. The van der Waals surface area contributed by atoms with Crippen molar-refractivity contribution >= 4 is 17.6 Å². The van der Waals surface area contributed by atoms with Gasteiger partial charge in [0.25, 0.3) is 0 Å². The van der Waals surface area contributed by atoms with Gasteiger partial charge in [-0.2, -0.15) is 0 Å². The molecular weight excluding hydrogens is 244 g/mol. The number of carbonyl (C=O) groups is 2. The molecule has 0 bridgehead atoms. The lowest BCUT2D eigenvalue weighted by molar-refractivity contribution is -0.148. The van der Waals surface area contributed by atoms with Gasteiger partial charge in [-0.1, -0.05) is 12.1 Å². The standard InChI is InChI=1S/C14H18N2O3/c1-10-4-2-5-11(8-10)16-12(17)9-15-14(13(18)19)6-3-7-14/h2,4-5,8,15H,3,6-7,9H2,1H3,(H,16,17)(H,18,19). The van der Waals surface area contributed by atoms with Crippen molar-refractivity contribution in [3.8, 4) is 0 Å². The molecule has 5 nitrogen and oxygen atoms in total. The summed E-state index contributed by atoms with van der Waals surface area (Å²) < 4.78 is 0. The second kappa shape index (κ2) is 5.40. The van der Waals surface area contributed by atoms with Gasteiger partial charge in [0.2, 0.25) is 5.91 Å².